The number of phenols is 1. The van der Waals surface area contributed by atoms with Crippen molar-refractivity contribution in [3.63, 3.8) is 0 Å². The van der Waals surface area contributed by atoms with Crippen LogP contribution in [0.15, 0.2) is 24.8 Å². The summed E-state index contributed by atoms with van der Waals surface area (Å²) in [5.41, 5.74) is 6.90. The lowest BCUT2D eigenvalue weighted by Gasteiger charge is -2.14. The number of aromatic carboxylic acids is 1. The Morgan fingerprint density at radius 2 is 2.25 bits per heavy atom. The zero-order chi connectivity index (χ0) is 12.3. The fourth-order valence-corrected chi connectivity index (χ4v) is 1.56. The summed E-state index contributed by atoms with van der Waals surface area (Å²) in [4.78, 5) is 10.9. The topological polar surface area (TPSA) is 83.6 Å². The largest absolute Gasteiger partial charge is 0.507 e. The van der Waals surface area contributed by atoms with Crippen LogP contribution in [-0.2, 0) is 0 Å². The summed E-state index contributed by atoms with van der Waals surface area (Å²) in [7, 11) is 0. The van der Waals surface area contributed by atoms with Crippen LogP contribution in [0.3, 0.4) is 0 Å². The van der Waals surface area contributed by atoms with Gasteiger partial charge in [-0.15, -0.1) is 6.58 Å². The Bertz CT molecular complexity index is 427. The quantitative estimate of drug-likeness (QED) is 0.679. The third kappa shape index (κ3) is 2.41. The van der Waals surface area contributed by atoms with Crippen LogP contribution in [0.4, 0.5) is 0 Å². The molecule has 0 amide bonds. The van der Waals surface area contributed by atoms with Crippen molar-refractivity contribution in [1.29, 1.82) is 0 Å². The summed E-state index contributed by atoms with van der Waals surface area (Å²) < 4.78 is 0. The number of aryl methyl sites for hydroxylation is 1. The number of aromatic hydroxyl groups is 1. The number of hydrogen-bond donors (Lipinski definition) is 3. The van der Waals surface area contributed by atoms with Crippen molar-refractivity contribution < 1.29 is 15.0 Å². The van der Waals surface area contributed by atoms with Crippen LogP contribution in [0.1, 0.15) is 33.9 Å². The molecule has 0 aromatic heterocycles. The summed E-state index contributed by atoms with van der Waals surface area (Å²) in [5.74, 6) is -1.42. The van der Waals surface area contributed by atoms with Crippen LogP contribution in [0, 0.1) is 6.92 Å². The van der Waals surface area contributed by atoms with Gasteiger partial charge >= 0.3 is 5.97 Å². The van der Waals surface area contributed by atoms with Gasteiger partial charge in [-0.3, -0.25) is 0 Å². The Balaban J connectivity index is 3.28. The van der Waals surface area contributed by atoms with Crippen LogP contribution in [0.25, 0.3) is 0 Å². The maximum absolute atomic E-state index is 10.9. The first-order valence-electron chi connectivity index (χ1n) is 4.90. The van der Waals surface area contributed by atoms with Crippen LogP contribution >= 0.6 is 0 Å². The molecule has 0 saturated heterocycles. The average molecular weight is 221 g/mol. The lowest BCUT2D eigenvalue weighted by Crippen LogP contribution is -2.11. The van der Waals surface area contributed by atoms with E-state index in [9.17, 15) is 9.90 Å². The molecule has 0 aliphatic heterocycles. The van der Waals surface area contributed by atoms with Gasteiger partial charge in [-0.2, -0.15) is 0 Å². The summed E-state index contributed by atoms with van der Waals surface area (Å²) in [5, 5.41) is 18.7. The SMILES string of the molecule is C=CC[C@@H](N)c1cc(C)cc(C(=O)O)c1O. The molecule has 0 unspecified atom stereocenters. The predicted octanol–water partition coefficient (Wildman–Crippen LogP) is 1.97. The monoisotopic (exact) mass is 221 g/mol. The maximum atomic E-state index is 10.9. The van der Waals surface area contributed by atoms with E-state index in [1.54, 1.807) is 19.1 Å². The van der Waals surface area contributed by atoms with Gasteiger partial charge in [-0.25, -0.2) is 4.79 Å². The first kappa shape index (κ1) is 12.3. The fourth-order valence-electron chi connectivity index (χ4n) is 1.56. The van der Waals surface area contributed by atoms with E-state index in [0.717, 1.165) is 5.56 Å². The van der Waals surface area contributed by atoms with Crippen LogP contribution in [0.2, 0.25) is 0 Å². The second-order valence-electron chi connectivity index (χ2n) is 3.69. The molecule has 1 rings (SSSR count). The summed E-state index contributed by atoms with van der Waals surface area (Å²) in [6.45, 7) is 5.32. The van der Waals surface area contributed by atoms with Crippen molar-refractivity contribution in [3.05, 3.63) is 41.5 Å². The highest BCUT2D eigenvalue weighted by Crippen LogP contribution is 2.30. The molecule has 4 nitrogen and oxygen atoms in total. The normalized spacial score (nSPS) is 12.1. The molecule has 1 aromatic carbocycles. The summed E-state index contributed by atoms with van der Waals surface area (Å²) >= 11 is 0. The van der Waals surface area contributed by atoms with Gasteiger partial charge in [-0.1, -0.05) is 12.1 Å². The molecule has 86 valence electrons. The molecule has 0 aliphatic carbocycles. The Morgan fingerprint density at radius 3 is 2.75 bits per heavy atom. The van der Waals surface area contributed by atoms with Gasteiger partial charge in [0, 0.05) is 11.6 Å². The Labute approximate surface area is 94.0 Å². The number of carboxylic acids is 1. The molecule has 1 atom stereocenters. The molecule has 4 N–H and O–H groups in total. The van der Waals surface area contributed by atoms with Crippen molar-refractivity contribution in [2.75, 3.05) is 0 Å². The molecule has 0 fully saturated rings. The first-order valence-corrected chi connectivity index (χ1v) is 4.90. The van der Waals surface area contributed by atoms with E-state index in [4.69, 9.17) is 10.8 Å². The number of rotatable bonds is 4. The van der Waals surface area contributed by atoms with Gasteiger partial charge in [-0.05, 0) is 25.0 Å². The molecule has 1 aromatic rings. The lowest BCUT2D eigenvalue weighted by atomic mass is 9.97. The van der Waals surface area contributed by atoms with Gasteiger partial charge in [0.05, 0.1) is 0 Å². The molecule has 0 spiro atoms. The highest BCUT2D eigenvalue weighted by Gasteiger charge is 2.17. The minimum absolute atomic E-state index is 0.116. The Morgan fingerprint density at radius 1 is 1.62 bits per heavy atom. The first-order chi connectivity index (χ1) is 7.47. The van der Waals surface area contributed by atoms with E-state index in [2.05, 4.69) is 6.58 Å². The second-order valence-corrected chi connectivity index (χ2v) is 3.69. The van der Waals surface area contributed by atoms with E-state index in [1.807, 2.05) is 0 Å². The number of carbonyl (C=O) groups is 1. The Hall–Kier alpha value is -1.81. The van der Waals surface area contributed by atoms with Crippen molar-refractivity contribution >= 4 is 5.97 Å². The summed E-state index contributed by atoms with van der Waals surface area (Å²) in [6, 6.07) is 2.67. The number of benzene rings is 1. The van der Waals surface area contributed by atoms with Gasteiger partial charge < -0.3 is 15.9 Å². The van der Waals surface area contributed by atoms with E-state index in [-0.39, 0.29) is 11.3 Å². The number of carboxylic acid groups (broad SMARTS) is 1. The number of nitrogens with two attached hydrogens (primary N) is 1. The van der Waals surface area contributed by atoms with Gasteiger partial charge in [0.1, 0.15) is 11.3 Å². The maximum Gasteiger partial charge on any atom is 0.339 e. The van der Waals surface area contributed by atoms with Crippen molar-refractivity contribution in [2.24, 2.45) is 5.73 Å². The smallest absolute Gasteiger partial charge is 0.339 e. The highest BCUT2D eigenvalue weighted by molar-refractivity contribution is 5.91. The lowest BCUT2D eigenvalue weighted by molar-refractivity contribution is 0.0693. The standard InChI is InChI=1S/C12H15NO3/c1-3-4-10(13)8-5-7(2)6-9(11(8)14)12(15)16/h3,5-6,10,14H,1,4,13H2,2H3,(H,15,16)/t10-/m1/s1. The molecular weight excluding hydrogens is 206 g/mol. The minimum Gasteiger partial charge on any atom is -0.507 e. The van der Waals surface area contributed by atoms with Gasteiger partial charge in [0.2, 0.25) is 0 Å². The molecular formula is C12H15NO3. The zero-order valence-electron chi connectivity index (χ0n) is 9.10. The zero-order valence-corrected chi connectivity index (χ0v) is 9.10. The third-order valence-corrected chi connectivity index (χ3v) is 2.33. The van der Waals surface area contributed by atoms with E-state index in [1.165, 1.54) is 6.07 Å². The Kier molecular flexibility index (Phi) is 3.68. The van der Waals surface area contributed by atoms with Crippen molar-refractivity contribution in [2.45, 2.75) is 19.4 Å². The van der Waals surface area contributed by atoms with Crippen LogP contribution in [-0.4, -0.2) is 16.2 Å². The molecule has 0 bridgehead atoms. The van der Waals surface area contributed by atoms with Crippen molar-refractivity contribution in [3.8, 4) is 5.75 Å². The van der Waals surface area contributed by atoms with Crippen LogP contribution < -0.4 is 5.73 Å². The fraction of sp³-hybridized carbons (Fsp3) is 0.250. The third-order valence-electron chi connectivity index (χ3n) is 2.33. The predicted molar refractivity (Wildman–Crippen MR) is 61.5 cm³/mol. The van der Waals surface area contributed by atoms with Gasteiger partial charge in [0.25, 0.3) is 0 Å². The molecule has 0 heterocycles. The van der Waals surface area contributed by atoms with E-state index in [0.29, 0.717) is 12.0 Å². The van der Waals surface area contributed by atoms with Crippen LogP contribution in [0.5, 0.6) is 5.75 Å². The second kappa shape index (κ2) is 4.81. The van der Waals surface area contributed by atoms with Crippen molar-refractivity contribution in [1.82, 2.24) is 0 Å². The molecule has 4 heteroatoms. The molecule has 16 heavy (non-hydrogen) atoms. The van der Waals surface area contributed by atoms with E-state index >= 15 is 0 Å². The van der Waals surface area contributed by atoms with Gasteiger partial charge in [0.15, 0.2) is 0 Å². The average Bonchev–Trinajstić information content (AvgIpc) is 2.20. The summed E-state index contributed by atoms with van der Waals surface area (Å²) in [6.07, 6.45) is 2.11. The highest BCUT2D eigenvalue weighted by atomic mass is 16.4. The molecule has 0 saturated carbocycles. The molecule has 0 aliphatic rings. The molecule has 0 radical (unpaired) electrons. The van der Waals surface area contributed by atoms with E-state index < -0.39 is 12.0 Å². The number of hydrogen-bond acceptors (Lipinski definition) is 3. The minimum atomic E-state index is -1.16.